The van der Waals surface area contributed by atoms with Gasteiger partial charge in [-0.1, -0.05) is 37.5 Å². The van der Waals surface area contributed by atoms with Crippen molar-refractivity contribution < 1.29 is 9.53 Å². The summed E-state index contributed by atoms with van der Waals surface area (Å²) in [5.74, 6) is 0.455. The molecule has 0 spiro atoms. The smallest absolute Gasteiger partial charge is 0.225 e. The van der Waals surface area contributed by atoms with Crippen LogP contribution in [0.25, 0.3) is 0 Å². The Balaban J connectivity index is 1.55. The predicted octanol–water partition coefficient (Wildman–Crippen LogP) is 3.04. The summed E-state index contributed by atoms with van der Waals surface area (Å²) in [5.41, 5.74) is 7.07. The van der Waals surface area contributed by atoms with Crippen LogP contribution >= 0.6 is 0 Å². The van der Waals surface area contributed by atoms with E-state index in [0.29, 0.717) is 5.92 Å². The van der Waals surface area contributed by atoms with E-state index in [2.05, 4.69) is 40.1 Å². The molecule has 4 rings (SSSR count). The minimum Gasteiger partial charge on any atom is -0.381 e. The van der Waals surface area contributed by atoms with E-state index < -0.39 is 0 Å². The minimum absolute atomic E-state index is 0.0609. The molecular weight excluding hydrogens is 350 g/mol. The molecule has 28 heavy (non-hydrogen) atoms. The fourth-order valence-corrected chi connectivity index (χ4v) is 5.90. The van der Waals surface area contributed by atoms with Gasteiger partial charge in [0, 0.05) is 51.1 Å². The van der Waals surface area contributed by atoms with Crippen molar-refractivity contribution in [3.05, 3.63) is 30.3 Å². The summed E-state index contributed by atoms with van der Waals surface area (Å²) in [7, 11) is 0. The number of nitrogens with zero attached hydrogens (tertiary/aromatic N) is 2. The van der Waals surface area contributed by atoms with E-state index >= 15 is 0 Å². The highest BCUT2D eigenvalue weighted by atomic mass is 16.5. The van der Waals surface area contributed by atoms with Crippen LogP contribution in [0.5, 0.6) is 0 Å². The lowest BCUT2D eigenvalue weighted by Gasteiger charge is -2.52. The summed E-state index contributed by atoms with van der Waals surface area (Å²) in [6.45, 7) is 5.68. The van der Waals surface area contributed by atoms with Crippen molar-refractivity contribution in [1.82, 2.24) is 4.90 Å². The molecule has 2 aliphatic heterocycles. The molecule has 0 bridgehead atoms. The van der Waals surface area contributed by atoms with Crippen LogP contribution < -0.4 is 10.6 Å². The maximum absolute atomic E-state index is 12.8. The number of anilines is 1. The van der Waals surface area contributed by atoms with Crippen molar-refractivity contribution in [2.24, 2.45) is 17.1 Å². The zero-order valence-electron chi connectivity index (χ0n) is 17.0. The maximum Gasteiger partial charge on any atom is 0.225 e. The first-order chi connectivity index (χ1) is 13.7. The Labute approximate surface area is 169 Å². The average Bonchev–Trinajstić information content (AvgIpc) is 2.76. The normalized spacial score (nSPS) is 25.4. The third kappa shape index (κ3) is 3.92. The summed E-state index contributed by atoms with van der Waals surface area (Å²) in [6.07, 6.45) is 7.53. The van der Waals surface area contributed by atoms with Gasteiger partial charge in [0.15, 0.2) is 0 Å². The molecule has 2 saturated heterocycles. The Hall–Kier alpha value is -1.59. The molecular formula is C23H35N3O2. The quantitative estimate of drug-likeness (QED) is 0.846. The van der Waals surface area contributed by atoms with Crippen molar-refractivity contribution in [3.8, 4) is 0 Å². The molecule has 1 aromatic rings. The number of hydrogen-bond donors (Lipinski definition) is 1. The number of piperazine rings is 1. The van der Waals surface area contributed by atoms with Crippen molar-refractivity contribution >= 4 is 11.6 Å². The van der Waals surface area contributed by atoms with Crippen molar-refractivity contribution in [1.29, 1.82) is 0 Å². The van der Waals surface area contributed by atoms with Crippen molar-refractivity contribution in [2.75, 3.05) is 44.3 Å². The molecule has 1 unspecified atom stereocenters. The van der Waals surface area contributed by atoms with E-state index in [4.69, 9.17) is 10.5 Å². The zero-order chi connectivity index (χ0) is 19.4. The SMILES string of the molecule is NC(=O)C1(C(C2CCOCC2)N2CCN(c3ccccc3)CC2)CCCCC1. The Bertz CT molecular complexity index is 631. The van der Waals surface area contributed by atoms with Crippen LogP contribution in [0.1, 0.15) is 44.9 Å². The predicted molar refractivity (Wildman–Crippen MR) is 112 cm³/mol. The molecule has 3 aliphatic rings. The molecule has 1 saturated carbocycles. The van der Waals surface area contributed by atoms with E-state index in [0.717, 1.165) is 77.9 Å². The molecule has 5 nitrogen and oxygen atoms in total. The first-order valence-electron chi connectivity index (χ1n) is 11.1. The highest BCUT2D eigenvalue weighted by molar-refractivity contribution is 5.82. The third-order valence-electron chi connectivity index (χ3n) is 7.34. The van der Waals surface area contributed by atoms with Gasteiger partial charge in [0.05, 0.1) is 5.41 Å². The monoisotopic (exact) mass is 385 g/mol. The lowest BCUT2D eigenvalue weighted by atomic mass is 9.63. The Kier molecular flexibility index (Phi) is 6.22. The number of carbonyl (C=O) groups excluding carboxylic acids is 1. The Morgan fingerprint density at radius 2 is 1.64 bits per heavy atom. The number of para-hydroxylation sites is 1. The van der Waals surface area contributed by atoms with Crippen LogP contribution in [0.2, 0.25) is 0 Å². The van der Waals surface area contributed by atoms with Gasteiger partial charge in [0.2, 0.25) is 5.91 Å². The fraction of sp³-hybridized carbons (Fsp3) is 0.696. The number of hydrogen-bond acceptors (Lipinski definition) is 4. The van der Waals surface area contributed by atoms with Gasteiger partial charge < -0.3 is 15.4 Å². The number of ether oxygens (including phenoxy) is 1. The summed E-state index contributed by atoms with van der Waals surface area (Å²) >= 11 is 0. The van der Waals surface area contributed by atoms with Crippen LogP contribution in [0.4, 0.5) is 5.69 Å². The van der Waals surface area contributed by atoms with Crippen LogP contribution in [-0.2, 0) is 9.53 Å². The van der Waals surface area contributed by atoms with Crippen molar-refractivity contribution in [3.63, 3.8) is 0 Å². The number of primary amides is 1. The van der Waals surface area contributed by atoms with E-state index in [1.807, 2.05) is 0 Å². The molecule has 2 N–H and O–H groups in total. The lowest BCUT2D eigenvalue weighted by Crippen LogP contribution is -2.62. The van der Waals surface area contributed by atoms with E-state index in [9.17, 15) is 4.79 Å². The molecule has 1 amide bonds. The number of amides is 1. The summed E-state index contributed by atoms with van der Waals surface area (Å²) in [5, 5.41) is 0. The molecule has 2 heterocycles. The molecule has 154 valence electrons. The zero-order valence-corrected chi connectivity index (χ0v) is 17.0. The molecule has 5 heteroatoms. The molecule has 1 atom stereocenters. The number of carbonyl (C=O) groups is 1. The summed E-state index contributed by atoms with van der Waals surface area (Å²) in [6, 6.07) is 10.9. The second-order valence-corrected chi connectivity index (χ2v) is 8.83. The third-order valence-corrected chi connectivity index (χ3v) is 7.34. The highest BCUT2D eigenvalue weighted by Crippen LogP contribution is 2.46. The summed E-state index contributed by atoms with van der Waals surface area (Å²) < 4.78 is 5.65. The standard InChI is InChI=1S/C23H35N3O2/c24-22(27)23(11-5-2-6-12-23)21(19-9-17-28-18-10-19)26-15-13-25(14-16-26)20-7-3-1-4-8-20/h1,3-4,7-8,19,21H,2,5-6,9-18H2,(H2,24,27). The Morgan fingerprint density at radius 1 is 1.00 bits per heavy atom. The number of rotatable bonds is 5. The average molecular weight is 386 g/mol. The van der Waals surface area contributed by atoms with E-state index in [1.54, 1.807) is 0 Å². The van der Waals surface area contributed by atoms with Crippen LogP contribution in [0, 0.1) is 11.3 Å². The minimum atomic E-state index is -0.352. The number of nitrogens with two attached hydrogens (primary N) is 1. The van der Waals surface area contributed by atoms with Crippen LogP contribution in [0.3, 0.4) is 0 Å². The largest absolute Gasteiger partial charge is 0.381 e. The second-order valence-electron chi connectivity index (χ2n) is 8.83. The first-order valence-corrected chi connectivity index (χ1v) is 11.1. The summed E-state index contributed by atoms with van der Waals surface area (Å²) in [4.78, 5) is 17.9. The van der Waals surface area contributed by atoms with E-state index in [1.165, 1.54) is 12.1 Å². The van der Waals surface area contributed by atoms with Crippen LogP contribution in [-0.4, -0.2) is 56.2 Å². The fourth-order valence-electron chi connectivity index (χ4n) is 5.90. The van der Waals surface area contributed by atoms with Gasteiger partial charge in [0.1, 0.15) is 0 Å². The second kappa shape index (κ2) is 8.83. The molecule has 1 aliphatic carbocycles. The van der Waals surface area contributed by atoms with Gasteiger partial charge in [-0.2, -0.15) is 0 Å². The molecule has 0 radical (unpaired) electrons. The van der Waals surface area contributed by atoms with Gasteiger partial charge >= 0.3 is 0 Å². The molecule has 3 fully saturated rings. The van der Waals surface area contributed by atoms with Gasteiger partial charge in [-0.05, 0) is 43.7 Å². The van der Waals surface area contributed by atoms with E-state index in [-0.39, 0.29) is 17.4 Å². The number of benzene rings is 1. The topological polar surface area (TPSA) is 58.8 Å². The highest BCUT2D eigenvalue weighted by Gasteiger charge is 2.50. The van der Waals surface area contributed by atoms with Gasteiger partial charge in [-0.3, -0.25) is 9.69 Å². The van der Waals surface area contributed by atoms with Gasteiger partial charge in [0.25, 0.3) is 0 Å². The van der Waals surface area contributed by atoms with Gasteiger partial charge in [-0.25, -0.2) is 0 Å². The Morgan fingerprint density at radius 3 is 2.25 bits per heavy atom. The van der Waals surface area contributed by atoms with Gasteiger partial charge in [-0.15, -0.1) is 0 Å². The lowest BCUT2D eigenvalue weighted by molar-refractivity contribution is -0.139. The van der Waals surface area contributed by atoms with Crippen molar-refractivity contribution in [2.45, 2.75) is 51.0 Å². The first kappa shape index (κ1) is 19.7. The molecule has 1 aromatic carbocycles. The van der Waals surface area contributed by atoms with Crippen LogP contribution in [0.15, 0.2) is 30.3 Å². The maximum atomic E-state index is 12.8. The molecule has 0 aromatic heterocycles.